The summed E-state index contributed by atoms with van der Waals surface area (Å²) >= 11 is 0. The lowest BCUT2D eigenvalue weighted by Gasteiger charge is -2.05. The van der Waals surface area contributed by atoms with Gasteiger partial charge in [-0.15, -0.1) is 0 Å². The molecule has 0 aliphatic heterocycles. The van der Waals surface area contributed by atoms with Gasteiger partial charge in [-0.3, -0.25) is 4.99 Å². The van der Waals surface area contributed by atoms with Crippen molar-refractivity contribution in [2.75, 3.05) is 6.61 Å². The van der Waals surface area contributed by atoms with Gasteiger partial charge in [0.25, 0.3) is 0 Å². The van der Waals surface area contributed by atoms with Gasteiger partial charge in [-0.2, -0.15) is 0 Å². The van der Waals surface area contributed by atoms with Crippen LogP contribution in [0.15, 0.2) is 83.9 Å². The second-order valence-electron chi connectivity index (χ2n) is 5.59. The average molecular weight is 331 g/mol. The number of nitrogens with zero attached hydrogens (tertiary/aromatic N) is 1. The van der Waals surface area contributed by atoms with E-state index >= 15 is 0 Å². The predicted molar refractivity (Wildman–Crippen MR) is 102 cm³/mol. The van der Waals surface area contributed by atoms with Gasteiger partial charge in [-0.05, 0) is 60.5 Å². The van der Waals surface area contributed by atoms with Crippen molar-refractivity contribution in [3.05, 3.63) is 84.4 Å². The quantitative estimate of drug-likeness (QED) is 0.496. The molecular weight excluding hydrogens is 310 g/mol. The Morgan fingerprint density at radius 3 is 2.28 bits per heavy atom. The normalized spacial score (nSPS) is 10.8. The number of ether oxygens (including phenoxy) is 2. The third kappa shape index (κ3) is 5.21. The van der Waals surface area contributed by atoms with Crippen LogP contribution >= 0.6 is 0 Å². The summed E-state index contributed by atoms with van der Waals surface area (Å²) in [7, 11) is 0. The molecule has 0 heterocycles. The van der Waals surface area contributed by atoms with E-state index in [1.807, 2.05) is 85.1 Å². The second-order valence-corrected chi connectivity index (χ2v) is 5.59. The van der Waals surface area contributed by atoms with Gasteiger partial charge >= 0.3 is 0 Å². The maximum atomic E-state index is 5.78. The Hall–Kier alpha value is -3.07. The smallest absolute Gasteiger partial charge is 0.127 e. The van der Waals surface area contributed by atoms with Gasteiger partial charge in [0.1, 0.15) is 17.2 Å². The van der Waals surface area contributed by atoms with E-state index in [0.29, 0.717) is 0 Å². The van der Waals surface area contributed by atoms with Gasteiger partial charge in [-0.25, -0.2) is 0 Å². The Kier molecular flexibility index (Phi) is 5.83. The molecule has 0 unspecified atom stereocenters. The number of hydrogen-bond acceptors (Lipinski definition) is 3. The molecule has 3 aromatic rings. The zero-order chi connectivity index (χ0) is 17.3. The molecule has 0 saturated carbocycles. The van der Waals surface area contributed by atoms with E-state index in [0.717, 1.165) is 41.5 Å². The zero-order valence-electron chi connectivity index (χ0n) is 14.3. The third-order valence-electron chi connectivity index (χ3n) is 3.51. The first kappa shape index (κ1) is 16.8. The SMILES string of the molecule is CCCOc1cccc(C=Nc2ccc(Oc3ccccc3)cc2)c1. The van der Waals surface area contributed by atoms with E-state index in [1.165, 1.54) is 0 Å². The molecule has 0 N–H and O–H groups in total. The minimum atomic E-state index is 0.726. The van der Waals surface area contributed by atoms with E-state index in [-0.39, 0.29) is 0 Å². The highest BCUT2D eigenvalue weighted by Gasteiger charge is 1.97. The molecule has 0 amide bonds. The van der Waals surface area contributed by atoms with Crippen LogP contribution in [0.4, 0.5) is 5.69 Å². The van der Waals surface area contributed by atoms with Gasteiger partial charge in [-0.1, -0.05) is 37.3 Å². The standard InChI is InChI=1S/C22H21NO2/c1-2-15-24-22-10-6-7-18(16-22)17-23-19-11-13-21(14-12-19)25-20-8-4-3-5-9-20/h3-14,16-17H,2,15H2,1H3. The molecule has 0 fully saturated rings. The lowest BCUT2D eigenvalue weighted by molar-refractivity contribution is 0.317. The Morgan fingerprint density at radius 1 is 0.800 bits per heavy atom. The third-order valence-corrected chi connectivity index (χ3v) is 3.51. The van der Waals surface area contributed by atoms with Crippen molar-refractivity contribution in [3.8, 4) is 17.2 Å². The van der Waals surface area contributed by atoms with Crippen LogP contribution in [0.1, 0.15) is 18.9 Å². The van der Waals surface area contributed by atoms with Crippen LogP contribution in [0.2, 0.25) is 0 Å². The Balaban J connectivity index is 1.64. The fraction of sp³-hybridized carbons (Fsp3) is 0.136. The van der Waals surface area contributed by atoms with Crippen molar-refractivity contribution in [2.45, 2.75) is 13.3 Å². The minimum absolute atomic E-state index is 0.726. The van der Waals surface area contributed by atoms with E-state index < -0.39 is 0 Å². The Labute approximate surface area is 148 Å². The van der Waals surface area contributed by atoms with Gasteiger partial charge < -0.3 is 9.47 Å². The number of para-hydroxylation sites is 1. The first-order chi connectivity index (χ1) is 12.3. The Morgan fingerprint density at radius 2 is 1.52 bits per heavy atom. The number of aliphatic imine (C=N–C) groups is 1. The lowest BCUT2D eigenvalue weighted by Crippen LogP contribution is -1.95. The lowest BCUT2D eigenvalue weighted by atomic mass is 10.2. The zero-order valence-corrected chi connectivity index (χ0v) is 14.3. The number of rotatable bonds is 7. The molecule has 126 valence electrons. The van der Waals surface area contributed by atoms with Gasteiger partial charge in [0, 0.05) is 6.21 Å². The van der Waals surface area contributed by atoms with E-state index in [2.05, 4.69) is 11.9 Å². The van der Waals surface area contributed by atoms with Crippen molar-refractivity contribution >= 4 is 11.9 Å². The molecule has 0 radical (unpaired) electrons. The minimum Gasteiger partial charge on any atom is -0.494 e. The van der Waals surface area contributed by atoms with Crippen LogP contribution in [-0.2, 0) is 0 Å². The molecule has 0 aromatic heterocycles. The van der Waals surface area contributed by atoms with Gasteiger partial charge in [0.05, 0.1) is 12.3 Å². The molecule has 3 aromatic carbocycles. The van der Waals surface area contributed by atoms with E-state index in [1.54, 1.807) is 0 Å². The average Bonchev–Trinajstić information content (AvgIpc) is 2.67. The first-order valence-electron chi connectivity index (χ1n) is 8.43. The predicted octanol–water partition coefficient (Wildman–Crippen LogP) is 6.02. The monoisotopic (exact) mass is 331 g/mol. The van der Waals surface area contributed by atoms with Crippen molar-refractivity contribution in [1.82, 2.24) is 0 Å². The molecule has 0 spiro atoms. The van der Waals surface area contributed by atoms with Crippen molar-refractivity contribution < 1.29 is 9.47 Å². The van der Waals surface area contributed by atoms with Crippen molar-refractivity contribution in [1.29, 1.82) is 0 Å². The highest BCUT2D eigenvalue weighted by atomic mass is 16.5. The van der Waals surface area contributed by atoms with Gasteiger partial charge in [0.15, 0.2) is 0 Å². The highest BCUT2D eigenvalue weighted by Crippen LogP contribution is 2.23. The van der Waals surface area contributed by atoms with Crippen molar-refractivity contribution in [2.24, 2.45) is 4.99 Å². The summed E-state index contributed by atoms with van der Waals surface area (Å²) in [4.78, 5) is 4.51. The molecule has 0 atom stereocenters. The van der Waals surface area contributed by atoms with E-state index in [4.69, 9.17) is 9.47 Å². The maximum Gasteiger partial charge on any atom is 0.127 e. The van der Waals surface area contributed by atoms with E-state index in [9.17, 15) is 0 Å². The summed E-state index contributed by atoms with van der Waals surface area (Å²) in [6.45, 7) is 2.82. The largest absolute Gasteiger partial charge is 0.494 e. The molecular formula is C22H21NO2. The molecule has 0 aliphatic carbocycles. The van der Waals surface area contributed by atoms with Gasteiger partial charge in [0.2, 0.25) is 0 Å². The van der Waals surface area contributed by atoms with Crippen LogP contribution in [0, 0.1) is 0 Å². The topological polar surface area (TPSA) is 30.8 Å². The van der Waals surface area contributed by atoms with Crippen LogP contribution < -0.4 is 9.47 Å². The highest BCUT2D eigenvalue weighted by molar-refractivity contribution is 5.82. The molecule has 25 heavy (non-hydrogen) atoms. The summed E-state index contributed by atoms with van der Waals surface area (Å²) < 4.78 is 11.4. The second kappa shape index (κ2) is 8.69. The summed E-state index contributed by atoms with van der Waals surface area (Å²) in [5.41, 5.74) is 1.89. The number of benzene rings is 3. The first-order valence-corrected chi connectivity index (χ1v) is 8.43. The summed E-state index contributed by atoms with van der Waals surface area (Å²) in [6, 6.07) is 25.4. The van der Waals surface area contributed by atoms with Crippen LogP contribution in [-0.4, -0.2) is 12.8 Å². The van der Waals surface area contributed by atoms with Crippen LogP contribution in [0.25, 0.3) is 0 Å². The molecule has 0 saturated heterocycles. The molecule has 3 rings (SSSR count). The number of hydrogen-bond donors (Lipinski definition) is 0. The molecule has 3 heteroatoms. The van der Waals surface area contributed by atoms with Crippen LogP contribution in [0.3, 0.4) is 0 Å². The summed E-state index contributed by atoms with van der Waals surface area (Å²) in [5, 5.41) is 0. The van der Waals surface area contributed by atoms with Crippen LogP contribution in [0.5, 0.6) is 17.2 Å². The maximum absolute atomic E-state index is 5.78. The Bertz CT molecular complexity index is 811. The summed E-state index contributed by atoms with van der Waals surface area (Å²) in [6.07, 6.45) is 2.83. The fourth-order valence-corrected chi connectivity index (χ4v) is 2.28. The molecule has 3 nitrogen and oxygen atoms in total. The fourth-order valence-electron chi connectivity index (χ4n) is 2.28. The summed E-state index contributed by atoms with van der Waals surface area (Å²) in [5.74, 6) is 2.49. The molecule has 0 aliphatic rings. The van der Waals surface area contributed by atoms with Crippen molar-refractivity contribution in [3.63, 3.8) is 0 Å². The molecule has 0 bridgehead atoms.